The van der Waals surface area contributed by atoms with Crippen LogP contribution in [0.4, 0.5) is 5.69 Å². The lowest BCUT2D eigenvalue weighted by molar-refractivity contribution is 0.0600. The molecule has 3 aromatic rings. The molecule has 138 valence electrons. The number of hydrogen-bond donors (Lipinski definition) is 1. The summed E-state index contributed by atoms with van der Waals surface area (Å²) in [6.07, 6.45) is 0. The van der Waals surface area contributed by atoms with Crippen LogP contribution in [0.1, 0.15) is 31.4 Å². The number of rotatable bonds is 6. The summed E-state index contributed by atoms with van der Waals surface area (Å²) < 4.78 is 4.67. The molecule has 0 fully saturated rings. The van der Waals surface area contributed by atoms with Crippen LogP contribution in [0.5, 0.6) is 0 Å². The van der Waals surface area contributed by atoms with Crippen LogP contribution in [0.3, 0.4) is 0 Å². The maximum atomic E-state index is 12.7. The fourth-order valence-electron chi connectivity index (χ4n) is 2.41. The van der Waals surface area contributed by atoms with Gasteiger partial charge < -0.3 is 10.1 Å². The summed E-state index contributed by atoms with van der Waals surface area (Å²) in [6.45, 7) is 1.98. The Morgan fingerprint density at radius 2 is 1.89 bits per heavy atom. The number of benzene rings is 2. The minimum Gasteiger partial charge on any atom is -0.465 e. The number of amides is 1. The number of nitrogens with one attached hydrogen (secondary N) is 1. The summed E-state index contributed by atoms with van der Waals surface area (Å²) in [5.74, 6) is 0.105. The van der Waals surface area contributed by atoms with Crippen LogP contribution in [0.15, 0.2) is 58.8 Å². The largest absolute Gasteiger partial charge is 0.465 e. The van der Waals surface area contributed by atoms with E-state index in [4.69, 9.17) is 0 Å². The summed E-state index contributed by atoms with van der Waals surface area (Å²) in [4.78, 5) is 29.5. The Morgan fingerprint density at radius 1 is 1.15 bits per heavy atom. The van der Waals surface area contributed by atoms with Gasteiger partial charge in [-0.3, -0.25) is 4.79 Å². The zero-order valence-corrected chi connectivity index (χ0v) is 16.5. The Hall–Kier alpha value is -2.64. The first-order valence-electron chi connectivity index (χ1n) is 8.19. The molecular formula is C20H18N2O3S2. The molecule has 0 bridgehead atoms. The predicted octanol–water partition coefficient (Wildman–Crippen LogP) is 4.78. The van der Waals surface area contributed by atoms with Gasteiger partial charge in [-0.15, -0.1) is 23.1 Å². The topological polar surface area (TPSA) is 68.3 Å². The number of anilines is 1. The molecular weight excluding hydrogens is 380 g/mol. The molecule has 0 radical (unpaired) electrons. The molecule has 27 heavy (non-hydrogen) atoms. The van der Waals surface area contributed by atoms with Crippen molar-refractivity contribution in [3.8, 4) is 0 Å². The summed E-state index contributed by atoms with van der Waals surface area (Å²) in [5, 5.41) is 5.94. The standard InChI is InChI=1S/C20H18N2O3S2/c1-13-21-16(11-26-13)12-27-18-6-4-3-5-17(18)19(23)22-15-9-7-14(8-10-15)20(24)25-2/h3-11H,12H2,1-2H3,(H,22,23). The van der Waals surface area contributed by atoms with Gasteiger partial charge in [0, 0.05) is 21.7 Å². The van der Waals surface area contributed by atoms with Crippen molar-refractivity contribution in [2.45, 2.75) is 17.6 Å². The Labute approximate surface area is 165 Å². The van der Waals surface area contributed by atoms with E-state index in [2.05, 4.69) is 15.0 Å². The SMILES string of the molecule is COC(=O)c1ccc(NC(=O)c2ccccc2SCc2csc(C)n2)cc1. The molecule has 2 aromatic carbocycles. The van der Waals surface area contributed by atoms with Crippen molar-refractivity contribution in [2.24, 2.45) is 0 Å². The van der Waals surface area contributed by atoms with Gasteiger partial charge in [0.25, 0.3) is 5.91 Å². The van der Waals surface area contributed by atoms with E-state index in [0.717, 1.165) is 15.6 Å². The van der Waals surface area contributed by atoms with E-state index in [1.807, 2.05) is 30.5 Å². The van der Waals surface area contributed by atoms with Crippen LogP contribution in [-0.4, -0.2) is 24.0 Å². The number of carbonyl (C=O) groups is 2. The van der Waals surface area contributed by atoms with E-state index >= 15 is 0 Å². The predicted molar refractivity (Wildman–Crippen MR) is 109 cm³/mol. The molecule has 0 atom stereocenters. The van der Waals surface area contributed by atoms with Crippen LogP contribution in [0.2, 0.25) is 0 Å². The average Bonchev–Trinajstić information content (AvgIpc) is 3.11. The fraction of sp³-hybridized carbons (Fsp3) is 0.150. The van der Waals surface area contributed by atoms with Crippen LogP contribution in [0, 0.1) is 6.92 Å². The van der Waals surface area contributed by atoms with Crippen molar-refractivity contribution in [3.63, 3.8) is 0 Å². The number of esters is 1. The van der Waals surface area contributed by atoms with Crippen LogP contribution < -0.4 is 5.32 Å². The molecule has 0 unspecified atom stereocenters. The molecule has 0 aliphatic carbocycles. The second-order valence-corrected chi connectivity index (χ2v) is 7.75. The van der Waals surface area contributed by atoms with Gasteiger partial charge in [0.2, 0.25) is 0 Å². The van der Waals surface area contributed by atoms with Gasteiger partial charge in [-0.25, -0.2) is 9.78 Å². The number of aryl methyl sites for hydroxylation is 1. The molecule has 0 aliphatic rings. The molecule has 0 saturated heterocycles. The van der Waals surface area contributed by atoms with Crippen LogP contribution in [-0.2, 0) is 10.5 Å². The van der Waals surface area contributed by atoms with Gasteiger partial charge >= 0.3 is 5.97 Å². The molecule has 1 heterocycles. The van der Waals surface area contributed by atoms with Gasteiger partial charge in [-0.1, -0.05) is 12.1 Å². The Morgan fingerprint density at radius 3 is 2.56 bits per heavy atom. The summed E-state index contributed by atoms with van der Waals surface area (Å²) in [7, 11) is 1.33. The second kappa shape index (κ2) is 8.83. The lowest BCUT2D eigenvalue weighted by atomic mass is 10.2. The quantitative estimate of drug-likeness (QED) is 0.478. The van der Waals surface area contributed by atoms with E-state index in [0.29, 0.717) is 22.6 Å². The smallest absolute Gasteiger partial charge is 0.337 e. The summed E-state index contributed by atoms with van der Waals surface area (Å²) in [6, 6.07) is 14.1. The third-order valence-corrected chi connectivity index (χ3v) is 5.67. The molecule has 5 nitrogen and oxygen atoms in total. The lowest BCUT2D eigenvalue weighted by Gasteiger charge is -2.10. The first-order valence-corrected chi connectivity index (χ1v) is 10.1. The number of hydrogen-bond acceptors (Lipinski definition) is 6. The maximum Gasteiger partial charge on any atom is 0.337 e. The van der Waals surface area contributed by atoms with E-state index in [1.165, 1.54) is 7.11 Å². The molecule has 0 aliphatic heterocycles. The highest BCUT2D eigenvalue weighted by atomic mass is 32.2. The highest BCUT2D eigenvalue weighted by molar-refractivity contribution is 7.98. The van der Waals surface area contributed by atoms with Crippen molar-refractivity contribution in [1.29, 1.82) is 0 Å². The van der Waals surface area contributed by atoms with Gasteiger partial charge in [-0.2, -0.15) is 0 Å². The Balaban J connectivity index is 1.70. The van der Waals surface area contributed by atoms with Gasteiger partial charge in [0.1, 0.15) is 0 Å². The van der Waals surface area contributed by atoms with Gasteiger partial charge in [-0.05, 0) is 43.3 Å². The number of nitrogens with zero attached hydrogens (tertiary/aromatic N) is 1. The zero-order chi connectivity index (χ0) is 19.2. The average molecular weight is 399 g/mol. The third kappa shape index (κ3) is 4.96. The van der Waals surface area contributed by atoms with Crippen molar-refractivity contribution >= 4 is 40.7 Å². The number of thioether (sulfide) groups is 1. The number of ether oxygens (including phenoxy) is 1. The van der Waals surface area contributed by atoms with E-state index in [9.17, 15) is 9.59 Å². The monoisotopic (exact) mass is 398 g/mol. The second-order valence-electron chi connectivity index (χ2n) is 5.67. The van der Waals surface area contributed by atoms with Gasteiger partial charge in [0.15, 0.2) is 0 Å². The number of methoxy groups -OCH3 is 1. The molecule has 1 N–H and O–H groups in total. The highest BCUT2D eigenvalue weighted by Crippen LogP contribution is 2.27. The zero-order valence-electron chi connectivity index (χ0n) is 14.9. The van der Waals surface area contributed by atoms with Crippen LogP contribution in [0.25, 0.3) is 0 Å². The van der Waals surface area contributed by atoms with Crippen molar-refractivity contribution in [2.75, 3.05) is 12.4 Å². The molecule has 7 heteroatoms. The fourth-order valence-corrected chi connectivity index (χ4v) is 4.07. The summed E-state index contributed by atoms with van der Waals surface area (Å²) in [5.41, 5.74) is 2.66. The first-order chi connectivity index (χ1) is 13.1. The van der Waals surface area contributed by atoms with E-state index < -0.39 is 5.97 Å². The normalized spacial score (nSPS) is 10.4. The molecule has 3 rings (SSSR count). The number of aromatic nitrogens is 1. The molecule has 1 amide bonds. The lowest BCUT2D eigenvalue weighted by Crippen LogP contribution is -2.13. The van der Waals surface area contributed by atoms with Crippen molar-refractivity contribution < 1.29 is 14.3 Å². The minimum absolute atomic E-state index is 0.196. The Kier molecular flexibility index (Phi) is 6.26. The maximum absolute atomic E-state index is 12.7. The molecule has 1 aromatic heterocycles. The van der Waals surface area contributed by atoms with E-state index in [1.54, 1.807) is 53.4 Å². The van der Waals surface area contributed by atoms with Crippen molar-refractivity contribution in [3.05, 3.63) is 75.7 Å². The Bertz CT molecular complexity index is 952. The van der Waals surface area contributed by atoms with E-state index in [-0.39, 0.29) is 5.91 Å². The summed E-state index contributed by atoms with van der Waals surface area (Å²) >= 11 is 3.20. The minimum atomic E-state index is -0.410. The molecule has 0 spiro atoms. The first kappa shape index (κ1) is 19.1. The highest BCUT2D eigenvalue weighted by Gasteiger charge is 2.13. The van der Waals surface area contributed by atoms with Crippen LogP contribution >= 0.6 is 23.1 Å². The number of thiazole rings is 1. The molecule has 0 saturated carbocycles. The van der Waals surface area contributed by atoms with Crippen molar-refractivity contribution in [1.82, 2.24) is 4.98 Å². The third-order valence-electron chi connectivity index (χ3n) is 3.74. The van der Waals surface area contributed by atoms with Gasteiger partial charge in [0.05, 0.1) is 28.9 Å². The number of carbonyl (C=O) groups excluding carboxylic acids is 2.